The van der Waals surface area contributed by atoms with Gasteiger partial charge in [0.1, 0.15) is 5.54 Å². The maximum Gasteiger partial charge on any atom is 0.102 e. The molecule has 0 aromatic rings. The van der Waals surface area contributed by atoms with Crippen molar-refractivity contribution in [3.8, 4) is 6.07 Å². The maximum atomic E-state index is 8.79. The van der Waals surface area contributed by atoms with E-state index >= 15 is 0 Å². The Hall–Kier alpha value is -0.590. The first kappa shape index (κ1) is 11.5. The summed E-state index contributed by atoms with van der Waals surface area (Å²) in [6.07, 6.45) is 2.04. The van der Waals surface area contributed by atoms with Crippen LogP contribution in [-0.2, 0) is 0 Å². The Morgan fingerprint density at radius 3 is 2.64 bits per heavy atom. The Labute approximate surface area is 86.9 Å². The van der Waals surface area contributed by atoms with Crippen molar-refractivity contribution < 1.29 is 0 Å². The van der Waals surface area contributed by atoms with Gasteiger partial charge in [-0.3, -0.25) is 0 Å². The van der Waals surface area contributed by atoms with E-state index < -0.39 is 5.54 Å². The molecule has 14 heavy (non-hydrogen) atoms. The lowest BCUT2D eigenvalue weighted by molar-refractivity contribution is 0.232. The largest absolute Gasteiger partial charge is 0.314 e. The summed E-state index contributed by atoms with van der Waals surface area (Å²) in [5.41, 5.74) is 5.13. The molecule has 1 aliphatic rings. The lowest BCUT2D eigenvalue weighted by Crippen LogP contribution is -2.40. The van der Waals surface area contributed by atoms with Crippen molar-refractivity contribution in [1.29, 1.82) is 5.26 Å². The van der Waals surface area contributed by atoms with E-state index in [1.54, 1.807) is 6.92 Å². The first-order valence-corrected chi connectivity index (χ1v) is 5.40. The third kappa shape index (κ3) is 2.70. The molecule has 0 bridgehead atoms. The molecule has 3 unspecified atom stereocenters. The molecule has 3 heteroatoms. The molecular formula is C11H21N3. The number of hydrogen-bond donors (Lipinski definition) is 1. The van der Waals surface area contributed by atoms with Gasteiger partial charge >= 0.3 is 0 Å². The smallest absolute Gasteiger partial charge is 0.102 e. The predicted molar refractivity (Wildman–Crippen MR) is 57.6 cm³/mol. The van der Waals surface area contributed by atoms with Crippen molar-refractivity contribution in [1.82, 2.24) is 4.90 Å². The highest BCUT2D eigenvalue weighted by atomic mass is 15.2. The van der Waals surface area contributed by atoms with Gasteiger partial charge in [-0.25, -0.2) is 0 Å². The Kier molecular flexibility index (Phi) is 3.52. The van der Waals surface area contributed by atoms with Crippen molar-refractivity contribution in [3.63, 3.8) is 0 Å². The molecule has 0 aromatic carbocycles. The predicted octanol–water partition coefficient (Wildman–Crippen LogP) is 1.35. The zero-order chi connectivity index (χ0) is 10.8. The van der Waals surface area contributed by atoms with E-state index in [4.69, 9.17) is 11.0 Å². The molecular weight excluding hydrogens is 174 g/mol. The molecule has 0 spiro atoms. The summed E-state index contributed by atoms with van der Waals surface area (Å²) in [5.74, 6) is 0.779. The van der Waals surface area contributed by atoms with Crippen molar-refractivity contribution in [3.05, 3.63) is 0 Å². The van der Waals surface area contributed by atoms with Gasteiger partial charge in [0.25, 0.3) is 0 Å². The fourth-order valence-corrected chi connectivity index (χ4v) is 1.92. The zero-order valence-electron chi connectivity index (χ0n) is 9.45. The summed E-state index contributed by atoms with van der Waals surface area (Å²) in [7, 11) is 0. The first-order valence-electron chi connectivity index (χ1n) is 5.40. The van der Waals surface area contributed by atoms with E-state index in [-0.39, 0.29) is 0 Å². The standard InChI is InChI=1S/C11H21N3/c1-9-4-6-14(10(9)2)7-5-11(3,13)8-12/h9-10H,4-7,13H2,1-3H3. The van der Waals surface area contributed by atoms with Gasteiger partial charge in [-0.2, -0.15) is 5.26 Å². The summed E-state index contributed by atoms with van der Waals surface area (Å²) < 4.78 is 0. The van der Waals surface area contributed by atoms with Crippen LogP contribution < -0.4 is 5.73 Å². The van der Waals surface area contributed by atoms with E-state index in [0.717, 1.165) is 25.4 Å². The van der Waals surface area contributed by atoms with Crippen LogP contribution in [0.2, 0.25) is 0 Å². The number of nitrogens with zero attached hydrogens (tertiary/aromatic N) is 2. The monoisotopic (exact) mass is 195 g/mol. The lowest BCUT2D eigenvalue weighted by atomic mass is 10.0. The van der Waals surface area contributed by atoms with Gasteiger partial charge in [0.15, 0.2) is 0 Å². The second-order valence-corrected chi connectivity index (χ2v) is 4.82. The average Bonchev–Trinajstić information content (AvgIpc) is 2.45. The number of likely N-dealkylation sites (tertiary alicyclic amines) is 1. The molecule has 3 atom stereocenters. The molecule has 1 heterocycles. The van der Waals surface area contributed by atoms with Crippen LogP contribution in [-0.4, -0.2) is 29.6 Å². The molecule has 0 saturated carbocycles. The van der Waals surface area contributed by atoms with E-state index in [0.29, 0.717) is 6.04 Å². The molecule has 1 fully saturated rings. The zero-order valence-corrected chi connectivity index (χ0v) is 9.45. The van der Waals surface area contributed by atoms with Crippen LogP contribution in [0.3, 0.4) is 0 Å². The third-order valence-corrected chi connectivity index (χ3v) is 3.44. The molecule has 0 amide bonds. The van der Waals surface area contributed by atoms with E-state index in [1.165, 1.54) is 6.42 Å². The number of nitrogens with two attached hydrogens (primary N) is 1. The molecule has 0 aliphatic carbocycles. The second-order valence-electron chi connectivity index (χ2n) is 4.82. The first-order chi connectivity index (χ1) is 6.46. The summed E-state index contributed by atoms with van der Waals surface area (Å²) in [5, 5.41) is 8.79. The van der Waals surface area contributed by atoms with Crippen LogP contribution in [0.25, 0.3) is 0 Å². The highest BCUT2D eigenvalue weighted by Gasteiger charge is 2.28. The minimum Gasteiger partial charge on any atom is -0.314 e. The summed E-state index contributed by atoms with van der Waals surface area (Å²) in [6, 6.07) is 2.79. The third-order valence-electron chi connectivity index (χ3n) is 3.44. The van der Waals surface area contributed by atoms with Crippen LogP contribution in [0, 0.1) is 17.2 Å². The van der Waals surface area contributed by atoms with Crippen LogP contribution in [0.1, 0.15) is 33.6 Å². The van der Waals surface area contributed by atoms with Crippen LogP contribution >= 0.6 is 0 Å². The quantitative estimate of drug-likeness (QED) is 0.739. The Bertz CT molecular complexity index is 229. The van der Waals surface area contributed by atoms with Gasteiger partial charge in [0.05, 0.1) is 6.07 Å². The van der Waals surface area contributed by atoms with Crippen LogP contribution in [0.15, 0.2) is 0 Å². The minimum atomic E-state index is -0.661. The Morgan fingerprint density at radius 2 is 2.21 bits per heavy atom. The van der Waals surface area contributed by atoms with Gasteiger partial charge in [-0.05, 0) is 39.2 Å². The molecule has 3 nitrogen and oxygen atoms in total. The maximum absolute atomic E-state index is 8.79. The highest BCUT2D eigenvalue weighted by molar-refractivity contribution is 5.01. The van der Waals surface area contributed by atoms with Gasteiger partial charge in [-0.15, -0.1) is 0 Å². The Morgan fingerprint density at radius 1 is 1.57 bits per heavy atom. The Balaban J connectivity index is 2.37. The van der Waals surface area contributed by atoms with E-state index in [9.17, 15) is 0 Å². The number of hydrogen-bond acceptors (Lipinski definition) is 3. The van der Waals surface area contributed by atoms with Crippen molar-refractivity contribution in [2.75, 3.05) is 13.1 Å². The van der Waals surface area contributed by atoms with E-state index in [2.05, 4.69) is 24.8 Å². The summed E-state index contributed by atoms with van der Waals surface area (Å²) >= 11 is 0. The van der Waals surface area contributed by atoms with Crippen LogP contribution in [0.4, 0.5) is 0 Å². The SMILES string of the molecule is CC1CCN(CCC(C)(N)C#N)C1C. The minimum absolute atomic E-state index is 0.643. The topological polar surface area (TPSA) is 53.0 Å². The molecule has 1 saturated heterocycles. The summed E-state index contributed by atoms with van der Waals surface area (Å²) in [6.45, 7) is 8.46. The molecule has 80 valence electrons. The van der Waals surface area contributed by atoms with Crippen molar-refractivity contribution in [2.45, 2.75) is 45.2 Å². The van der Waals surface area contributed by atoms with Crippen molar-refractivity contribution >= 4 is 0 Å². The fourth-order valence-electron chi connectivity index (χ4n) is 1.92. The van der Waals surface area contributed by atoms with Crippen LogP contribution in [0.5, 0.6) is 0 Å². The number of rotatable bonds is 3. The van der Waals surface area contributed by atoms with Crippen molar-refractivity contribution in [2.24, 2.45) is 11.7 Å². The van der Waals surface area contributed by atoms with Gasteiger partial charge in [-0.1, -0.05) is 6.92 Å². The highest BCUT2D eigenvalue weighted by Crippen LogP contribution is 2.23. The second kappa shape index (κ2) is 4.29. The molecule has 1 rings (SSSR count). The van der Waals surface area contributed by atoms with E-state index in [1.807, 2.05) is 0 Å². The molecule has 0 aromatic heterocycles. The fraction of sp³-hybridized carbons (Fsp3) is 0.909. The average molecular weight is 195 g/mol. The normalized spacial score (nSPS) is 32.5. The van der Waals surface area contributed by atoms with Gasteiger partial charge < -0.3 is 10.6 Å². The van der Waals surface area contributed by atoms with Gasteiger partial charge in [0, 0.05) is 12.6 Å². The number of nitriles is 1. The van der Waals surface area contributed by atoms with Gasteiger partial charge in [0.2, 0.25) is 0 Å². The summed E-state index contributed by atoms with van der Waals surface area (Å²) in [4.78, 5) is 2.44. The molecule has 1 aliphatic heterocycles. The molecule has 0 radical (unpaired) electrons. The lowest BCUT2D eigenvalue weighted by Gasteiger charge is -2.25. The molecule has 2 N–H and O–H groups in total.